The molecule has 1 aromatic carbocycles. The van der Waals surface area contributed by atoms with Crippen molar-refractivity contribution in [1.82, 2.24) is 10.2 Å². The van der Waals surface area contributed by atoms with Gasteiger partial charge in [0.15, 0.2) is 12.6 Å². The van der Waals surface area contributed by atoms with E-state index in [0.717, 1.165) is 17.0 Å². The van der Waals surface area contributed by atoms with Crippen LogP contribution in [0.15, 0.2) is 24.3 Å². The third kappa shape index (κ3) is 11.9. The molecule has 0 saturated carbocycles. The van der Waals surface area contributed by atoms with Crippen LogP contribution in [0.2, 0.25) is 0 Å². The van der Waals surface area contributed by atoms with Crippen LogP contribution in [0.3, 0.4) is 0 Å². The summed E-state index contributed by atoms with van der Waals surface area (Å²) in [6.07, 6.45) is -15.1. The minimum Gasteiger partial charge on any atom is -0.459 e. The molecular weight excluding hydrogens is 895 g/mol. The standard InChI is InChI=1S/C46H75ClF3N3O13/c1-14-33-44(10,59)37(55)28(6)51-22-24(2)20-42(8,58)38(26(4)36(27(5)39(56)64-33)65-34-21-43(9,61-13)45(60,23-47)29(7)63-34)66-40-35(54)32(19-25(3)62-40)53(12)41(57)52(11)31-17-15-30(16-18-31)46(48,49)50/h15-18,24-29,32-38,40,51,54-55,58-60H,14,19-23H2,1-13H3/t24-,25-,26+,27-,28-,29+,32?,33-,34+,35-,36+,37-,38-,40+,42-,43-,44-,45+/m1/s1. The highest BCUT2D eigenvalue weighted by Gasteiger charge is 2.58. The quantitative estimate of drug-likeness (QED) is 0.145. The van der Waals surface area contributed by atoms with Gasteiger partial charge in [0.1, 0.15) is 35.1 Å². The number of ether oxygens (including phenoxy) is 6. The summed E-state index contributed by atoms with van der Waals surface area (Å²) in [5.74, 6) is -3.53. The van der Waals surface area contributed by atoms with E-state index in [9.17, 15) is 48.3 Å². The number of likely N-dealkylation sites (N-methyl/N-ethyl adjacent to an activating group) is 1. The minimum absolute atomic E-state index is 0.0525. The van der Waals surface area contributed by atoms with Crippen molar-refractivity contribution in [2.24, 2.45) is 17.8 Å². The van der Waals surface area contributed by atoms with Crippen LogP contribution in [0.1, 0.15) is 100 Å². The van der Waals surface area contributed by atoms with E-state index in [4.69, 9.17) is 40.0 Å². The van der Waals surface area contributed by atoms with E-state index >= 15 is 0 Å². The van der Waals surface area contributed by atoms with Gasteiger partial charge in [-0.05, 0) is 104 Å². The van der Waals surface area contributed by atoms with Crippen molar-refractivity contribution in [3.63, 3.8) is 0 Å². The summed E-state index contributed by atoms with van der Waals surface area (Å²) in [5, 5.41) is 62.7. The zero-order valence-corrected chi connectivity index (χ0v) is 41.3. The molecule has 1 aromatic rings. The lowest BCUT2D eigenvalue weighted by atomic mass is 9.76. The smallest absolute Gasteiger partial charge is 0.416 e. The molecule has 3 aliphatic heterocycles. The van der Waals surface area contributed by atoms with Crippen molar-refractivity contribution >= 4 is 29.3 Å². The van der Waals surface area contributed by atoms with E-state index in [1.165, 1.54) is 45.2 Å². The number of amides is 2. The molecule has 66 heavy (non-hydrogen) atoms. The second kappa shape index (κ2) is 21.7. The van der Waals surface area contributed by atoms with Crippen molar-refractivity contribution in [2.45, 2.75) is 191 Å². The normalized spacial score (nSPS) is 42.4. The van der Waals surface area contributed by atoms with Crippen molar-refractivity contribution in [1.29, 1.82) is 0 Å². The number of alkyl halides is 4. The minimum atomic E-state index is -4.57. The topological polar surface area (TPSA) is 209 Å². The van der Waals surface area contributed by atoms with Gasteiger partial charge in [-0.3, -0.25) is 9.69 Å². The molecule has 6 N–H and O–H groups in total. The van der Waals surface area contributed by atoms with E-state index < -0.39 is 125 Å². The van der Waals surface area contributed by atoms with Gasteiger partial charge in [0.2, 0.25) is 0 Å². The van der Waals surface area contributed by atoms with E-state index in [2.05, 4.69) is 5.32 Å². The lowest BCUT2D eigenvalue weighted by molar-refractivity contribution is -0.333. The number of nitrogens with one attached hydrogen (secondary N) is 1. The molecule has 1 unspecified atom stereocenters. The van der Waals surface area contributed by atoms with Gasteiger partial charge < -0.3 is 64.2 Å². The van der Waals surface area contributed by atoms with Crippen LogP contribution in [-0.2, 0) is 39.4 Å². The Hall–Kier alpha value is -2.40. The van der Waals surface area contributed by atoms with E-state index in [-0.39, 0.29) is 49.7 Å². The zero-order valence-electron chi connectivity index (χ0n) is 40.5. The molecule has 0 aliphatic carbocycles. The Morgan fingerprint density at radius 3 is 2.12 bits per heavy atom. The third-order valence-electron chi connectivity index (χ3n) is 14.4. The first-order valence-corrected chi connectivity index (χ1v) is 23.3. The average Bonchev–Trinajstić information content (AvgIpc) is 3.25. The average molecular weight is 971 g/mol. The number of anilines is 1. The summed E-state index contributed by atoms with van der Waals surface area (Å²) >= 11 is 6.29. The van der Waals surface area contributed by atoms with E-state index in [0.29, 0.717) is 0 Å². The maximum Gasteiger partial charge on any atom is 0.416 e. The molecule has 0 aromatic heterocycles. The predicted molar refractivity (Wildman–Crippen MR) is 239 cm³/mol. The molecule has 3 heterocycles. The SMILES string of the molecule is CC[C@H]1OC(=O)[C@H](C)[C@@H](O[C@H]2C[C@@](C)(OC)[C@](O)(CCl)[C@H](C)O2)[C@H](C)[C@@H](O[C@@H]2O[C@H](C)CC(N(C)C(=O)N(C)c3ccc(C(F)(F)F)cc3)[C@H]2O)[C@](C)(O)C[C@@H](C)CN[C@H](C)[C@@H](O)[C@]1(C)O. The van der Waals surface area contributed by atoms with Crippen LogP contribution >= 0.6 is 11.6 Å². The first kappa shape index (κ1) is 56.2. The molecule has 3 aliphatic rings. The van der Waals surface area contributed by atoms with Gasteiger partial charge in [0, 0.05) is 45.3 Å². The van der Waals surface area contributed by atoms with E-state index in [1.54, 1.807) is 55.4 Å². The van der Waals surface area contributed by atoms with Crippen LogP contribution < -0.4 is 10.2 Å². The fourth-order valence-corrected chi connectivity index (χ4v) is 10.4. The molecule has 3 fully saturated rings. The third-order valence-corrected chi connectivity index (χ3v) is 14.8. The van der Waals surface area contributed by atoms with Crippen LogP contribution in [-0.4, -0.2) is 166 Å². The number of aliphatic hydroxyl groups excluding tert-OH is 2. The number of halogens is 4. The lowest BCUT2D eigenvalue weighted by Crippen LogP contribution is -2.67. The van der Waals surface area contributed by atoms with Crippen LogP contribution in [0.5, 0.6) is 0 Å². The Bertz CT molecular complexity index is 1770. The van der Waals surface area contributed by atoms with E-state index in [1.807, 2.05) is 6.92 Å². The Kier molecular flexibility index (Phi) is 18.5. The zero-order chi connectivity index (χ0) is 50.1. The van der Waals surface area contributed by atoms with Crippen LogP contribution in [0.4, 0.5) is 23.7 Å². The summed E-state index contributed by atoms with van der Waals surface area (Å²) in [7, 11) is 4.27. The van der Waals surface area contributed by atoms with Crippen molar-refractivity contribution in [3.05, 3.63) is 29.8 Å². The van der Waals surface area contributed by atoms with Gasteiger partial charge in [-0.25, -0.2) is 4.79 Å². The van der Waals surface area contributed by atoms with Crippen molar-refractivity contribution in [3.8, 4) is 0 Å². The molecular formula is C46H75ClF3N3O13. The number of nitrogens with zero attached hydrogens (tertiary/aromatic N) is 2. The van der Waals surface area contributed by atoms with Gasteiger partial charge >= 0.3 is 18.2 Å². The van der Waals surface area contributed by atoms with Crippen LogP contribution in [0, 0.1) is 17.8 Å². The number of aliphatic hydroxyl groups is 5. The molecule has 380 valence electrons. The molecule has 18 atom stereocenters. The first-order chi connectivity index (χ1) is 30.4. The van der Waals surface area contributed by atoms with Crippen molar-refractivity contribution < 1.29 is 76.7 Å². The second-order valence-corrected chi connectivity index (χ2v) is 20.0. The maximum absolute atomic E-state index is 14.4. The molecule has 2 amide bonds. The molecule has 4 rings (SSSR count). The number of cyclic esters (lactones) is 1. The number of hydrogen-bond donors (Lipinski definition) is 6. The van der Waals surface area contributed by atoms with Gasteiger partial charge in [0.25, 0.3) is 0 Å². The fourth-order valence-electron chi connectivity index (χ4n) is 9.90. The Balaban J connectivity index is 1.78. The highest BCUT2D eigenvalue weighted by atomic mass is 35.5. The summed E-state index contributed by atoms with van der Waals surface area (Å²) in [5.41, 5.74) is -7.34. The number of rotatable bonds is 9. The Morgan fingerprint density at radius 1 is 0.970 bits per heavy atom. The maximum atomic E-state index is 14.4. The number of carbonyl (C=O) groups excluding carboxylic acids is 2. The molecule has 0 spiro atoms. The van der Waals surface area contributed by atoms with Gasteiger partial charge in [-0.2, -0.15) is 13.2 Å². The number of carbonyl (C=O) groups is 2. The number of urea groups is 1. The number of esters is 1. The van der Waals surface area contributed by atoms with Gasteiger partial charge in [-0.15, -0.1) is 11.6 Å². The second-order valence-electron chi connectivity index (χ2n) is 19.7. The van der Waals surface area contributed by atoms with Crippen molar-refractivity contribution in [2.75, 3.05) is 38.5 Å². The molecule has 3 saturated heterocycles. The summed E-state index contributed by atoms with van der Waals surface area (Å²) < 4.78 is 77.7. The highest BCUT2D eigenvalue weighted by Crippen LogP contribution is 2.44. The number of benzene rings is 1. The first-order valence-electron chi connectivity index (χ1n) is 22.8. The lowest BCUT2D eigenvalue weighted by Gasteiger charge is -2.53. The van der Waals surface area contributed by atoms with Crippen LogP contribution in [0.25, 0.3) is 0 Å². The van der Waals surface area contributed by atoms with Gasteiger partial charge in [-0.1, -0.05) is 20.8 Å². The number of hydrogen-bond acceptors (Lipinski definition) is 14. The summed E-state index contributed by atoms with van der Waals surface area (Å²) in [4.78, 5) is 30.7. The molecule has 0 bridgehead atoms. The monoisotopic (exact) mass is 969 g/mol. The fraction of sp³-hybridized carbons (Fsp3) is 0.826. The molecule has 20 heteroatoms. The van der Waals surface area contributed by atoms with Gasteiger partial charge in [0.05, 0.1) is 53.4 Å². The Labute approximate surface area is 392 Å². The molecule has 16 nitrogen and oxygen atoms in total. The Morgan fingerprint density at radius 2 is 1.58 bits per heavy atom. The largest absolute Gasteiger partial charge is 0.459 e. The molecule has 0 radical (unpaired) electrons. The number of methoxy groups -OCH3 is 1. The summed E-state index contributed by atoms with van der Waals surface area (Å²) in [6, 6.07) is 1.80. The highest BCUT2D eigenvalue weighted by molar-refractivity contribution is 6.18. The summed E-state index contributed by atoms with van der Waals surface area (Å²) in [6.45, 7) is 16.7. The predicted octanol–water partition coefficient (Wildman–Crippen LogP) is 4.81.